The molecular formula is C20H26N4O3. The summed E-state index contributed by atoms with van der Waals surface area (Å²) in [5.41, 5.74) is 1.27. The number of nitrogens with zero attached hydrogens (tertiary/aromatic N) is 3. The molecule has 7 heteroatoms. The van der Waals surface area contributed by atoms with Gasteiger partial charge in [-0.2, -0.15) is 5.10 Å². The van der Waals surface area contributed by atoms with Crippen molar-refractivity contribution in [2.24, 2.45) is 7.05 Å². The van der Waals surface area contributed by atoms with Crippen LogP contribution in [0.1, 0.15) is 42.2 Å². The van der Waals surface area contributed by atoms with E-state index in [-0.39, 0.29) is 17.5 Å². The van der Waals surface area contributed by atoms with Gasteiger partial charge in [-0.25, -0.2) is 4.68 Å². The predicted molar refractivity (Wildman–Crippen MR) is 101 cm³/mol. The van der Waals surface area contributed by atoms with Crippen molar-refractivity contribution in [2.45, 2.75) is 38.8 Å². The molecule has 3 rings (SSSR count). The van der Waals surface area contributed by atoms with Gasteiger partial charge in [0.2, 0.25) is 11.8 Å². The lowest BCUT2D eigenvalue weighted by molar-refractivity contribution is -0.133. The van der Waals surface area contributed by atoms with E-state index in [0.29, 0.717) is 12.5 Å². The molecule has 27 heavy (non-hydrogen) atoms. The van der Waals surface area contributed by atoms with Crippen LogP contribution in [0, 0.1) is 0 Å². The third-order valence-electron chi connectivity index (χ3n) is 4.68. The summed E-state index contributed by atoms with van der Waals surface area (Å²) in [6, 6.07) is 10.8. The number of benzene rings is 1. The standard InChI is InChI=1S/C20H26N4O3/c1-15(20(26)24-11-7-4-8-12-24)21-19(25)17-13-18(23(2)22-17)27-14-16-9-5-3-6-10-16/h3,5-6,9-10,13,15H,4,7-8,11-12,14H2,1-2H3,(H,21,25). The van der Waals surface area contributed by atoms with Crippen molar-refractivity contribution < 1.29 is 14.3 Å². The molecule has 2 aromatic rings. The Morgan fingerprint density at radius 3 is 2.59 bits per heavy atom. The summed E-state index contributed by atoms with van der Waals surface area (Å²) in [5, 5.41) is 6.95. The number of ether oxygens (including phenoxy) is 1. The molecule has 0 aliphatic carbocycles. The molecule has 1 aromatic carbocycles. The highest BCUT2D eigenvalue weighted by molar-refractivity contribution is 5.96. The summed E-state index contributed by atoms with van der Waals surface area (Å²) < 4.78 is 7.27. The second-order valence-electron chi connectivity index (χ2n) is 6.85. The van der Waals surface area contributed by atoms with Gasteiger partial charge in [-0.3, -0.25) is 9.59 Å². The number of piperidine rings is 1. The maximum absolute atomic E-state index is 12.5. The summed E-state index contributed by atoms with van der Waals surface area (Å²) >= 11 is 0. The molecule has 1 saturated heterocycles. The lowest BCUT2D eigenvalue weighted by atomic mass is 10.1. The third kappa shape index (κ3) is 4.87. The summed E-state index contributed by atoms with van der Waals surface area (Å²) in [7, 11) is 1.72. The van der Waals surface area contributed by atoms with Crippen LogP contribution in [0.25, 0.3) is 0 Å². The van der Waals surface area contributed by atoms with E-state index in [9.17, 15) is 9.59 Å². The van der Waals surface area contributed by atoms with Gasteiger partial charge in [0, 0.05) is 26.2 Å². The molecule has 0 bridgehead atoms. The minimum Gasteiger partial charge on any atom is -0.473 e. The average Bonchev–Trinajstić information content (AvgIpc) is 3.08. The van der Waals surface area contributed by atoms with Crippen LogP contribution < -0.4 is 10.1 Å². The van der Waals surface area contributed by atoms with Crippen molar-refractivity contribution in [3.63, 3.8) is 0 Å². The molecule has 1 atom stereocenters. The van der Waals surface area contributed by atoms with Crippen molar-refractivity contribution in [3.05, 3.63) is 47.7 Å². The number of aromatic nitrogens is 2. The highest BCUT2D eigenvalue weighted by Crippen LogP contribution is 2.15. The first-order chi connectivity index (χ1) is 13.0. The summed E-state index contributed by atoms with van der Waals surface area (Å²) in [5.74, 6) is 0.0802. The number of carbonyl (C=O) groups excluding carboxylic acids is 2. The average molecular weight is 370 g/mol. The van der Waals surface area contributed by atoms with Gasteiger partial charge in [-0.05, 0) is 31.7 Å². The van der Waals surface area contributed by atoms with Gasteiger partial charge in [-0.15, -0.1) is 0 Å². The smallest absolute Gasteiger partial charge is 0.272 e. The van der Waals surface area contributed by atoms with Crippen molar-refractivity contribution in [3.8, 4) is 5.88 Å². The molecular weight excluding hydrogens is 344 g/mol. The number of likely N-dealkylation sites (tertiary alicyclic amines) is 1. The number of nitrogens with one attached hydrogen (secondary N) is 1. The van der Waals surface area contributed by atoms with Crippen molar-refractivity contribution in [2.75, 3.05) is 13.1 Å². The molecule has 1 aliphatic heterocycles. The largest absolute Gasteiger partial charge is 0.473 e. The number of amides is 2. The van der Waals surface area contributed by atoms with E-state index >= 15 is 0 Å². The van der Waals surface area contributed by atoms with E-state index < -0.39 is 6.04 Å². The number of carbonyl (C=O) groups is 2. The Bertz CT molecular complexity index is 782. The van der Waals surface area contributed by atoms with Gasteiger partial charge < -0.3 is 15.0 Å². The van der Waals surface area contributed by atoms with Crippen LogP contribution in [0.2, 0.25) is 0 Å². The lowest BCUT2D eigenvalue weighted by Gasteiger charge is -2.29. The Morgan fingerprint density at radius 1 is 1.19 bits per heavy atom. The number of aryl methyl sites for hydroxylation is 1. The Labute approximate surface area is 159 Å². The summed E-state index contributed by atoms with van der Waals surface area (Å²) in [6.07, 6.45) is 3.20. The van der Waals surface area contributed by atoms with E-state index in [0.717, 1.165) is 37.9 Å². The Kier molecular flexibility index (Phi) is 6.11. The zero-order valence-electron chi connectivity index (χ0n) is 15.9. The fraction of sp³-hybridized carbons (Fsp3) is 0.450. The first kappa shape index (κ1) is 18.9. The van der Waals surface area contributed by atoms with E-state index in [4.69, 9.17) is 4.74 Å². The quantitative estimate of drug-likeness (QED) is 0.845. The first-order valence-corrected chi connectivity index (χ1v) is 9.35. The van der Waals surface area contributed by atoms with E-state index in [1.807, 2.05) is 35.2 Å². The topological polar surface area (TPSA) is 76.5 Å². The number of rotatable bonds is 6. The normalized spacial score (nSPS) is 15.3. The van der Waals surface area contributed by atoms with Crippen molar-refractivity contribution >= 4 is 11.8 Å². The molecule has 144 valence electrons. The van der Waals surface area contributed by atoms with Crippen LogP contribution >= 0.6 is 0 Å². The molecule has 1 N–H and O–H groups in total. The first-order valence-electron chi connectivity index (χ1n) is 9.35. The second-order valence-corrected chi connectivity index (χ2v) is 6.85. The SMILES string of the molecule is CC(NC(=O)c1cc(OCc2ccccc2)n(C)n1)C(=O)N1CCCCC1. The van der Waals surface area contributed by atoms with Crippen LogP contribution in [0.5, 0.6) is 5.88 Å². The minimum atomic E-state index is -0.578. The van der Waals surface area contributed by atoms with Gasteiger partial charge >= 0.3 is 0 Å². The fourth-order valence-corrected chi connectivity index (χ4v) is 3.15. The summed E-state index contributed by atoms with van der Waals surface area (Å²) in [4.78, 5) is 26.7. The van der Waals surface area contributed by atoms with Crippen LogP contribution in [-0.4, -0.2) is 45.6 Å². The van der Waals surface area contributed by atoms with Crippen molar-refractivity contribution in [1.29, 1.82) is 0 Å². The van der Waals surface area contributed by atoms with E-state index in [1.54, 1.807) is 20.0 Å². The molecule has 7 nitrogen and oxygen atoms in total. The maximum atomic E-state index is 12.5. The molecule has 2 amide bonds. The Balaban J connectivity index is 1.57. The Morgan fingerprint density at radius 2 is 1.89 bits per heavy atom. The molecule has 0 spiro atoms. The lowest BCUT2D eigenvalue weighted by Crippen LogP contribution is -2.48. The van der Waals surface area contributed by atoms with E-state index in [1.165, 1.54) is 4.68 Å². The zero-order valence-corrected chi connectivity index (χ0v) is 15.9. The highest BCUT2D eigenvalue weighted by Gasteiger charge is 2.25. The number of hydrogen-bond donors (Lipinski definition) is 1. The molecule has 1 aliphatic rings. The van der Waals surface area contributed by atoms with Crippen molar-refractivity contribution in [1.82, 2.24) is 20.0 Å². The van der Waals surface area contributed by atoms with Gasteiger partial charge in [0.1, 0.15) is 12.6 Å². The van der Waals surface area contributed by atoms with Crippen LogP contribution in [0.15, 0.2) is 36.4 Å². The van der Waals surface area contributed by atoms with Crippen LogP contribution in [-0.2, 0) is 18.4 Å². The van der Waals surface area contributed by atoms with Crippen LogP contribution in [0.3, 0.4) is 0 Å². The maximum Gasteiger partial charge on any atom is 0.272 e. The van der Waals surface area contributed by atoms with Gasteiger partial charge in [0.15, 0.2) is 5.69 Å². The molecule has 0 saturated carbocycles. The van der Waals surface area contributed by atoms with Gasteiger partial charge in [0.25, 0.3) is 5.91 Å². The van der Waals surface area contributed by atoms with Gasteiger partial charge in [0.05, 0.1) is 0 Å². The predicted octanol–water partition coefficient (Wildman–Crippen LogP) is 2.13. The second kappa shape index (κ2) is 8.70. The fourth-order valence-electron chi connectivity index (χ4n) is 3.15. The van der Waals surface area contributed by atoms with Gasteiger partial charge in [-0.1, -0.05) is 30.3 Å². The number of hydrogen-bond acceptors (Lipinski definition) is 4. The minimum absolute atomic E-state index is 0.0421. The molecule has 2 heterocycles. The molecule has 1 unspecified atom stereocenters. The monoisotopic (exact) mass is 370 g/mol. The van der Waals surface area contributed by atoms with E-state index in [2.05, 4.69) is 10.4 Å². The summed E-state index contributed by atoms with van der Waals surface area (Å²) in [6.45, 7) is 3.64. The Hall–Kier alpha value is -2.83. The molecule has 1 aromatic heterocycles. The third-order valence-corrected chi connectivity index (χ3v) is 4.68. The highest BCUT2D eigenvalue weighted by atomic mass is 16.5. The van der Waals surface area contributed by atoms with Crippen LogP contribution in [0.4, 0.5) is 0 Å². The zero-order chi connectivity index (χ0) is 19.2. The molecule has 0 radical (unpaired) electrons. The molecule has 1 fully saturated rings.